The zero-order valence-electron chi connectivity index (χ0n) is 8.62. The molecule has 8 heteroatoms. The number of pyridine rings is 1. The van der Waals surface area contributed by atoms with Crippen LogP contribution in [0.15, 0.2) is 17.8 Å². The third kappa shape index (κ3) is 2.26. The lowest BCUT2D eigenvalue weighted by Crippen LogP contribution is -2.42. The van der Waals surface area contributed by atoms with Gasteiger partial charge in [-0.15, -0.1) is 0 Å². The molecule has 0 radical (unpaired) electrons. The molecule has 1 aromatic heterocycles. The van der Waals surface area contributed by atoms with Crippen LogP contribution in [0.5, 0.6) is 0 Å². The zero-order valence-corrected chi connectivity index (χ0v) is 9.38. The Kier molecular flexibility index (Phi) is 2.94. The summed E-state index contributed by atoms with van der Waals surface area (Å²) in [5, 5.41) is 11.1. The van der Waals surface area contributed by atoms with Crippen molar-refractivity contribution in [2.24, 2.45) is 0 Å². The van der Waals surface area contributed by atoms with E-state index in [1.54, 1.807) is 0 Å². The molecule has 1 atom stereocenters. The van der Waals surface area contributed by atoms with Crippen molar-refractivity contribution in [1.29, 1.82) is 0 Å². The fourth-order valence-electron chi connectivity index (χ4n) is 1.59. The SMILES string of the molecule is O=C(O)C1=Cc2cc(Cl)cnc2NC1C(F)(F)F. The molecule has 2 heterocycles. The van der Waals surface area contributed by atoms with Crippen molar-refractivity contribution in [2.45, 2.75) is 12.2 Å². The Bertz CT molecular complexity index is 542. The van der Waals surface area contributed by atoms with E-state index in [9.17, 15) is 18.0 Å². The van der Waals surface area contributed by atoms with Crippen LogP contribution in [0.3, 0.4) is 0 Å². The lowest BCUT2D eigenvalue weighted by atomic mass is 9.99. The van der Waals surface area contributed by atoms with E-state index in [1.165, 1.54) is 12.3 Å². The number of hydrogen-bond acceptors (Lipinski definition) is 3. The fraction of sp³-hybridized carbons (Fsp3) is 0.200. The minimum Gasteiger partial charge on any atom is -0.478 e. The summed E-state index contributed by atoms with van der Waals surface area (Å²) in [5.41, 5.74) is -0.584. The highest BCUT2D eigenvalue weighted by Crippen LogP contribution is 2.35. The maximum absolute atomic E-state index is 12.7. The first-order chi connectivity index (χ1) is 8.29. The van der Waals surface area contributed by atoms with Crippen molar-refractivity contribution < 1.29 is 23.1 Å². The Morgan fingerprint density at radius 3 is 2.72 bits per heavy atom. The summed E-state index contributed by atoms with van der Waals surface area (Å²) >= 11 is 5.64. The molecule has 1 aromatic rings. The van der Waals surface area contributed by atoms with Crippen LogP contribution in [0.2, 0.25) is 5.02 Å². The molecule has 0 bridgehead atoms. The molecule has 1 aliphatic rings. The Morgan fingerprint density at radius 2 is 2.17 bits per heavy atom. The minimum atomic E-state index is -4.72. The number of carboxylic acid groups (broad SMARTS) is 1. The van der Waals surface area contributed by atoms with E-state index in [1.807, 2.05) is 0 Å². The van der Waals surface area contributed by atoms with Crippen molar-refractivity contribution in [3.63, 3.8) is 0 Å². The molecule has 0 saturated carbocycles. The lowest BCUT2D eigenvalue weighted by Gasteiger charge is -2.27. The first-order valence-corrected chi connectivity index (χ1v) is 5.10. The van der Waals surface area contributed by atoms with Crippen LogP contribution in [0.25, 0.3) is 6.08 Å². The highest BCUT2D eigenvalue weighted by atomic mass is 35.5. The van der Waals surface area contributed by atoms with Crippen LogP contribution in [0.4, 0.5) is 19.0 Å². The van der Waals surface area contributed by atoms with Gasteiger partial charge in [0.05, 0.1) is 10.6 Å². The summed E-state index contributed by atoms with van der Waals surface area (Å²) < 4.78 is 38.1. The van der Waals surface area contributed by atoms with Crippen molar-refractivity contribution in [3.05, 3.63) is 28.4 Å². The summed E-state index contributed by atoms with van der Waals surface area (Å²) in [7, 11) is 0. The quantitative estimate of drug-likeness (QED) is 0.829. The van der Waals surface area contributed by atoms with E-state index < -0.39 is 23.8 Å². The molecular formula is C10H6ClF3N2O2. The van der Waals surface area contributed by atoms with Crippen molar-refractivity contribution in [2.75, 3.05) is 5.32 Å². The third-order valence-corrected chi connectivity index (χ3v) is 2.57. The largest absolute Gasteiger partial charge is 0.478 e. The van der Waals surface area contributed by atoms with Gasteiger partial charge in [0.25, 0.3) is 0 Å². The molecule has 18 heavy (non-hydrogen) atoms. The number of halogens is 4. The molecule has 0 amide bonds. The lowest BCUT2D eigenvalue weighted by molar-refractivity contribution is -0.146. The van der Waals surface area contributed by atoms with Gasteiger partial charge in [0.1, 0.15) is 5.82 Å². The van der Waals surface area contributed by atoms with Crippen LogP contribution in [-0.4, -0.2) is 28.3 Å². The van der Waals surface area contributed by atoms with Crippen molar-refractivity contribution >= 4 is 29.5 Å². The average molecular weight is 279 g/mol. The molecule has 0 aromatic carbocycles. The molecule has 1 aliphatic heterocycles. The number of alkyl halides is 3. The number of carbonyl (C=O) groups is 1. The van der Waals surface area contributed by atoms with Gasteiger partial charge in [0.15, 0.2) is 6.04 Å². The van der Waals surface area contributed by atoms with E-state index in [0.29, 0.717) is 0 Å². The first kappa shape index (κ1) is 12.7. The molecular weight excluding hydrogens is 273 g/mol. The summed E-state index contributed by atoms with van der Waals surface area (Å²) in [6.45, 7) is 0. The monoisotopic (exact) mass is 278 g/mol. The van der Waals surface area contributed by atoms with Gasteiger partial charge >= 0.3 is 12.1 Å². The Balaban J connectivity index is 2.53. The maximum atomic E-state index is 12.7. The Labute approximate surface area is 104 Å². The van der Waals surface area contributed by atoms with E-state index in [4.69, 9.17) is 16.7 Å². The van der Waals surface area contributed by atoms with Gasteiger partial charge in [-0.1, -0.05) is 11.6 Å². The van der Waals surface area contributed by atoms with Gasteiger partial charge in [0.2, 0.25) is 0 Å². The average Bonchev–Trinajstić information content (AvgIpc) is 2.25. The summed E-state index contributed by atoms with van der Waals surface area (Å²) in [6.07, 6.45) is -2.62. The van der Waals surface area contributed by atoms with E-state index in [2.05, 4.69) is 10.3 Å². The highest BCUT2D eigenvalue weighted by Gasteiger charge is 2.46. The summed E-state index contributed by atoms with van der Waals surface area (Å²) in [4.78, 5) is 14.5. The van der Waals surface area contributed by atoms with Gasteiger partial charge in [-0.3, -0.25) is 0 Å². The molecule has 0 spiro atoms. The van der Waals surface area contributed by atoms with Gasteiger partial charge in [-0.05, 0) is 12.1 Å². The first-order valence-electron chi connectivity index (χ1n) is 4.72. The molecule has 0 fully saturated rings. The molecule has 1 unspecified atom stereocenters. The molecule has 0 aliphatic carbocycles. The molecule has 96 valence electrons. The van der Waals surface area contributed by atoms with Gasteiger partial charge in [0, 0.05) is 11.8 Å². The number of nitrogens with zero attached hydrogens (tertiary/aromatic N) is 1. The zero-order chi connectivity index (χ0) is 13.5. The number of hydrogen-bond donors (Lipinski definition) is 2. The number of fused-ring (bicyclic) bond motifs is 1. The van der Waals surface area contributed by atoms with E-state index >= 15 is 0 Å². The fourth-order valence-corrected chi connectivity index (χ4v) is 1.76. The minimum absolute atomic E-state index is 0.0493. The van der Waals surface area contributed by atoms with Crippen LogP contribution in [-0.2, 0) is 4.79 Å². The van der Waals surface area contributed by atoms with Gasteiger partial charge in [-0.2, -0.15) is 13.2 Å². The number of aromatic nitrogens is 1. The Hall–Kier alpha value is -1.76. The molecule has 2 N–H and O–H groups in total. The predicted octanol–water partition coefficient (Wildman–Crippen LogP) is 2.56. The van der Waals surface area contributed by atoms with Crippen LogP contribution in [0, 0.1) is 0 Å². The topological polar surface area (TPSA) is 62.2 Å². The number of nitrogens with one attached hydrogen (secondary N) is 1. The molecule has 0 saturated heterocycles. The third-order valence-electron chi connectivity index (χ3n) is 2.36. The van der Waals surface area contributed by atoms with Crippen LogP contribution >= 0.6 is 11.6 Å². The van der Waals surface area contributed by atoms with Crippen LogP contribution < -0.4 is 5.32 Å². The summed E-state index contributed by atoms with van der Waals surface area (Å²) in [6, 6.07) is -0.942. The second-order valence-corrected chi connectivity index (χ2v) is 4.05. The Morgan fingerprint density at radius 1 is 1.50 bits per heavy atom. The van der Waals surface area contributed by atoms with Crippen molar-refractivity contribution in [3.8, 4) is 0 Å². The number of rotatable bonds is 1. The maximum Gasteiger partial charge on any atom is 0.413 e. The second-order valence-electron chi connectivity index (χ2n) is 3.62. The van der Waals surface area contributed by atoms with Crippen LogP contribution in [0.1, 0.15) is 5.56 Å². The van der Waals surface area contributed by atoms with E-state index in [0.717, 1.165) is 6.08 Å². The van der Waals surface area contributed by atoms with Crippen molar-refractivity contribution in [1.82, 2.24) is 4.98 Å². The standard InChI is InChI=1S/C10H6ClF3N2O2/c11-5-1-4-2-6(9(17)18)7(10(12,13)14)16-8(4)15-3-5/h1-3,7H,(H,15,16)(H,17,18). The summed E-state index contributed by atoms with van der Waals surface area (Å²) in [5.74, 6) is -1.69. The van der Waals surface area contributed by atoms with Gasteiger partial charge in [-0.25, -0.2) is 9.78 Å². The number of aliphatic carboxylic acids is 1. The second kappa shape index (κ2) is 4.16. The molecule has 4 nitrogen and oxygen atoms in total. The normalized spacial score (nSPS) is 18.7. The van der Waals surface area contributed by atoms with E-state index in [-0.39, 0.29) is 16.4 Å². The molecule has 2 rings (SSSR count). The smallest absolute Gasteiger partial charge is 0.413 e. The predicted molar refractivity (Wildman–Crippen MR) is 58.3 cm³/mol. The number of carboxylic acids is 1. The van der Waals surface area contributed by atoms with Gasteiger partial charge < -0.3 is 10.4 Å². The highest BCUT2D eigenvalue weighted by molar-refractivity contribution is 6.30. The number of anilines is 1.